The largest absolute Gasteiger partial charge is 0.304 e. The minimum absolute atomic E-state index is 0. The quantitative estimate of drug-likeness (QED) is 0.490. The van der Waals surface area contributed by atoms with Gasteiger partial charge < -0.3 is 9.80 Å². The summed E-state index contributed by atoms with van der Waals surface area (Å²) >= 11 is 0. The van der Waals surface area contributed by atoms with Gasteiger partial charge in [-0.05, 0) is 14.1 Å². The monoisotopic (exact) mass is 150 g/mol. The number of rotatable bonds is 0. The molecule has 9 heavy (non-hydrogen) atoms. The molecule has 56 valence electrons. The van der Waals surface area contributed by atoms with Crippen LogP contribution in [-0.2, 0) is 0 Å². The van der Waals surface area contributed by atoms with E-state index in [2.05, 4.69) is 23.9 Å². The summed E-state index contributed by atoms with van der Waals surface area (Å²) in [7, 11) is 4.35. The number of piperazine rings is 1. The van der Waals surface area contributed by atoms with Gasteiger partial charge in [0.25, 0.3) is 0 Å². The molecule has 0 aromatic heterocycles. The van der Waals surface area contributed by atoms with Crippen molar-refractivity contribution in [3.05, 3.63) is 0 Å². The molecule has 0 bridgehead atoms. The average molecular weight is 151 g/mol. The highest BCUT2D eigenvalue weighted by molar-refractivity contribution is 5.85. The maximum atomic E-state index is 2.36. The lowest BCUT2D eigenvalue weighted by molar-refractivity contribution is 0.181. The molecule has 1 aliphatic heterocycles. The Morgan fingerprint density at radius 2 is 1.00 bits per heavy atom. The molecule has 0 amide bonds. The molecule has 1 aliphatic rings. The molecule has 0 aliphatic carbocycles. The topological polar surface area (TPSA) is 6.48 Å². The Hall–Kier alpha value is 0.210. The molecule has 0 unspecified atom stereocenters. The van der Waals surface area contributed by atoms with E-state index in [0.29, 0.717) is 0 Å². The van der Waals surface area contributed by atoms with Gasteiger partial charge in [0, 0.05) is 26.2 Å². The lowest BCUT2D eigenvalue weighted by Crippen LogP contribution is -2.42. The smallest absolute Gasteiger partial charge is 0.0107 e. The molecule has 1 heterocycles. The fourth-order valence-electron chi connectivity index (χ4n) is 0.906. The first-order valence-corrected chi connectivity index (χ1v) is 3.16. The van der Waals surface area contributed by atoms with Gasteiger partial charge in [-0.3, -0.25) is 0 Å². The highest BCUT2D eigenvalue weighted by atomic mass is 35.5. The maximum absolute atomic E-state index is 2.36. The van der Waals surface area contributed by atoms with E-state index in [1.54, 1.807) is 0 Å². The Bertz CT molecular complexity index is 59.5. The number of hydrogen-bond acceptors (Lipinski definition) is 2. The van der Waals surface area contributed by atoms with Gasteiger partial charge >= 0.3 is 0 Å². The number of nitrogens with zero attached hydrogens (tertiary/aromatic N) is 2. The summed E-state index contributed by atoms with van der Waals surface area (Å²) in [4.78, 5) is 4.72. The summed E-state index contributed by atoms with van der Waals surface area (Å²) in [6.45, 7) is 4.93. The van der Waals surface area contributed by atoms with Crippen molar-refractivity contribution >= 4 is 12.4 Å². The molecule has 0 radical (unpaired) electrons. The fourth-order valence-corrected chi connectivity index (χ4v) is 0.906. The second-order valence-electron chi connectivity index (χ2n) is 2.61. The Labute approximate surface area is 63.2 Å². The second-order valence-corrected chi connectivity index (χ2v) is 2.61. The van der Waals surface area contributed by atoms with E-state index in [9.17, 15) is 0 Å². The molecule has 0 spiro atoms. The van der Waals surface area contributed by atoms with Crippen LogP contribution in [0.1, 0.15) is 0 Å². The van der Waals surface area contributed by atoms with Gasteiger partial charge in [-0.25, -0.2) is 0 Å². The van der Waals surface area contributed by atoms with Gasteiger partial charge in [-0.15, -0.1) is 12.4 Å². The molecule has 3 heteroatoms. The van der Waals surface area contributed by atoms with Gasteiger partial charge in [0.2, 0.25) is 0 Å². The average Bonchev–Trinajstić information content (AvgIpc) is 1.77. The first-order valence-electron chi connectivity index (χ1n) is 3.16. The van der Waals surface area contributed by atoms with E-state index >= 15 is 0 Å². The van der Waals surface area contributed by atoms with Crippen LogP contribution in [0.25, 0.3) is 0 Å². The van der Waals surface area contributed by atoms with Crippen molar-refractivity contribution < 1.29 is 0 Å². The zero-order valence-electron chi connectivity index (χ0n) is 6.13. The molecular weight excluding hydrogens is 136 g/mol. The molecule has 2 nitrogen and oxygen atoms in total. The first-order chi connectivity index (χ1) is 3.79. The summed E-state index contributed by atoms with van der Waals surface area (Å²) < 4.78 is 0. The van der Waals surface area contributed by atoms with Crippen LogP contribution in [0.2, 0.25) is 0 Å². The van der Waals surface area contributed by atoms with Gasteiger partial charge in [0.15, 0.2) is 0 Å². The van der Waals surface area contributed by atoms with Crippen LogP contribution >= 0.6 is 12.4 Å². The third-order valence-electron chi connectivity index (χ3n) is 1.73. The van der Waals surface area contributed by atoms with Gasteiger partial charge in [-0.2, -0.15) is 0 Å². The van der Waals surface area contributed by atoms with E-state index in [1.165, 1.54) is 26.2 Å². The van der Waals surface area contributed by atoms with Gasteiger partial charge in [-0.1, -0.05) is 0 Å². The number of likely N-dealkylation sites (N-methyl/N-ethyl adjacent to an activating group) is 2. The predicted molar refractivity (Wildman–Crippen MR) is 42.2 cm³/mol. The minimum Gasteiger partial charge on any atom is -0.304 e. The van der Waals surface area contributed by atoms with Crippen molar-refractivity contribution in [1.82, 2.24) is 9.80 Å². The minimum atomic E-state index is 0. The summed E-state index contributed by atoms with van der Waals surface area (Å²) in [5, 5.41) is 0. The Balaban J connectivity index is 0.000000640. The van der Waals surface area contributed by atoms with E-state index in [0.717, 1.165) is 0 Å². The molecule has 0 saturated carbocycles. The zero-order chi connectivity index (χ0) is 5.98. The SMILES string of the molecule is CN1CCN(C)CC1.Cl. The summed E-state index contributed by atoms with van der Waals surface area (Å²) in [6, 6.07) is 0. The lowest BCUT2D eigenvalue weighted by atomic mass is 10.4. The van der Waals surface area contributed by atoms with E-state index < -0.39 is 0 Å². The van der Waals surface area contributed by atoms with E-state index in [-0.39, 0.29) is 12.4 Å². The Kier molecular flexibility index (Phi) is 4.19. The first kappa shape index (κ1) is 9.21. The summed E-state index contributed by atoms with van der Waals surface area (Å²) in [5.41, 5.74) is 0. The van der Waals surface area contributed by atoms with Crippen molar-refractivity contribution in [3.63, 3.8) is 0 Å². The third-order valence-corrected chi connectivity index (χ3v) is 1.73. The lowest BCUT2D eigenvalue weighted by Gasteiger charge is -2.28. The molecule has 1 fully saturated rings. The maximum Gasteiger partial charge on any atom is 0.0107 e. The van der Waals surface area contributed by atoms with Gasteiger partial charge in [0.05, 0.1) is 0 Å². The van der Waals surface area contributed by atoms with Crippen LogP contribution in [-0.4, -0.2) is 50.1 Å². The van der Waals surface area contributed by atoms with E-state index in [4.69, 9.17) is 0 Å². The predicted octanol–water partition coefficient (Wildman–Crippen LogP) is 0.285. The second kappa shape index (κ2) is 4.09. The van der Waals surface area contributed by atoms with Crippen LogP contribution < -0.4 is 0 Å². The Morgan fingerprint density at radius 3 is 1.22 bits per heavy atom. The van der Waals surface area contributed by atoms with Crippen molar-refractivity contribution in [2.75, 3.05) is 40.3 Å². The molecule has 1 saturated heterocycles. The van der Waals surface area contributed by atoms with Crippen LogP contribution in [0.15, 0.2) is 0 Å². The standard InChI is InChI=1S/C6H14N2.ClH/c1-7-3-5-8(2)6-4-7;/h3-6H2,1-2H3;1H. The molecule has 0 aromatic rings. The van der Waals surface area contributed by atoms with E-state index in [1.807, 2.05) is 0 Å². The summed E-state index contributed by atoms with van der Waals surface area (Å²) in [6.07, 6.45) is 0. The van der Waals surface area contributed by atoms with Crippen molar-refractivity contribution in [3.8, 4) is 0 Å². The normalized spacial score (nSPS) is 23.3. The zero-order valence-corrected chi connectivity index (χ0v) is 6.95. The van der Waals surface area contributed by atoms with Gasteiger partial charge in [0.1, 0.15) is 0 Å². The highest BCUT2D eigenvalue weighted by Gasteiger charge is 2.07. The summed E-state index contributed by atoms with van der Waals surface area (Å²) in [5.74, 6) is 0. The molecular formula is C6H15ClN2. The number of halogens is 1. The fraction of sp³-hybridized carbons (Fsp3) is 1.00. The van der Waals surface area contributed by atoms with Crippen molar-refractivity contribution in [1.29, 1.82) is 0 Å². The number of hydrogen-bond donors (Lipinski definition) is 0. The third kappa shape index (κ3) is 3.04. The van der Waals surface area contributed by atoms with Crippen molar-refractivity contribution in [2.24, 2.45) is 0 Å². The van der Waals surface area contributed by atoms with Crippen LogP contribution in [0, 0.1) is 0 Å². The molecule has 0 N–H and O–H groups in total. The van der Waals surface area contributed by atoms with Crippen LogP contribution in [0.4, 0.5) is 0 Å². The van der Waals surface area contributed by atoms with Crippen molar-refractivity contribution in [2.45, 2.75) is 0 Å². The highest BCUT2D eigenvalue weighted by Crippen LogP contribution is 1.93. The molecule has 1 rings (SSSR count). The van der Waals surface area contributed by atoms with Crippen LogP contribution in [0.3, 0.4) is 0 Å². The van der Waals surface area contributed by atoms with Crippen LogP contribution in [0.5, 0.6) is 0 Å². The molecule has 0 atom stereocenters. The molecule has 0 aromatic carbocycles. The Morgan fingerprint density at radius 1 is 0.778 bits per heavy atom.